The number of pyridine rings is 1. The van der Waals surface area contributed by atoms with Gasteiger partial charge in [-0.2, -0.15) is 0 Å². The van der Waals surface area contributed by atoms with Crippen LogP contribution >= 0.6 is 0 Å². The Morgan fingerprint density at radius 1 is 1.39 bits per heavy atom. The first-order chi connectivity index (χ1) is 8.55. The molecule has 0 bridgehead atoms. The molecule has 0 spiro atoms. The highest BCUT2D eigenvalue weighted by molar-refractivity contribution is 7.89. The number of nitrogen functional groups attached to an aromatic ring is 1. The van der Waals surface area contributed by atoms with Gasteiger partial charge in [0.1, 0.15) is 4.90 Å². The summed E-state index contributed by atoms with van der Waals surface area (Å²) in [6, 6.07) is 3.03. The molecule has 0 radical (unpaired) electrons. The molecule has 4 N–H and O–H groups in total. The van der Waals surface area contributed by atoms with Crippen molar-refractivity contribution in [2.45, 2.75) is 31.6 Å². The number of hydrazine groups is 1. The van der Waals surface area contributed by atoms with Gasteiger partial charge in [-0.15, -0.1) is 0 Å². The molecule has 0 saturated carbocycles. The molecule has 1 heterocycles. The molecule has 0 aromatic carbocycles. The maximum atomic E-state index is 12.1. The number of anilines is 1. The number of nitrogens with two attached hydrogens (primary N) is 1. The van der Waals surface area contributed by atoms with E-state index in [0.717, 1.165) is 12.8 Å². The van der Waals surface area contributed by atoms with Crippen molar-refractivity contribution in [1.82, 2.24) is 9.71 Å². The third-order valence-corrected chi connectivity index (χ3v) is 4.37. The minimum Gasteiger partial charge on any atom is -0.307 e. The van der Waals surface area contributed by atoms with E-state index in [1.807, 2.05) is 13.8 Å². The monoisotopic (exact) mass is 272 g/mol. The van der Waals surface area contributed by atoms with Crippen LogP contribution in [0.2, 0.25) is 0 Å². The smallest absolute Gasteiger partial charge is 0.244 e. The molecule has 0 unspecified atom stereocenters. The molecule has 0 aliphatic rings. The molecule has 1 aromatic heterocycles. The van der Waals surface area contributed by atoms with Gasteiger partial charge in [-0.05, 0) is 18.1 Å². The summed E-state index contributed by atoms with van der Waals surface area (Å²) < 4.78 is 26.8. The van der Waals surface area contributed by atoms with E-state index in [-0.39, 0.29) is 10.7 Å². The van der Waals surface area contributed by atoms with Gasteiger partial charge < -0.3 is 5.43 Å². The largest absolute Gasteiger partial charge is 0.307 e. The van der Waals surface area contributed by atoms with Crippen LogP contribution in [-0.4, -0.2) is 19.9 Å². The van der Waals surface area contributed by atoms with E-state index in [4.69, 9.17) is 5.84 Å². The summed E-state index contributed by atoms with van der Waals surface area (Å²) in [5, 5.41) is 0. The van der Waals surface area contributed by atoms with Crippen LogP contribution < -0.4 is 16.0 Å². The lowest BCUT2D eigenvalue weighted by molar-refractivity contribution is 0.479. The fourth-order valence-corrected chi connectivity index (χ4v) is 2.83. The first-order valence-corrected chi connectivity index (χ1v) is 7.44. The van der Waals surface area contributed by atoms with Gasteiger partial charge in [0, 0.05) is 12.7 Å². The zero-order chi connectivity index (χ0) is 13.6. The maximum absolute atomic E-state index is 12.1. The molecule has 1 aromatic rings. The van der Waals surface area contributed by atoms with Crippen molar-refractivity contribution >= 4 is 15.8 Å². The molecule has 0 fully saturated rings. The summed E-state index contributed by atoms with van der Waals surface area (Å²) in [5.41, 5.74) is 2.29. The Bertz CT molecular complexity index is 472. The van der Waals surface area contributed by atoms with Crippen molar-refractivity contribution in [1.29, 1.82) is 0 Å². The van der Waals surface area contributed by atoms with E-state index in [9.17, 15) is 8.42 Å². The quantitative estimate of drug-likeness (QED) is 0.510. The fraction of sp³-hybridized carbons (Fsp3) is 0.545. The first kappa shape index (κ1) is 14.9. The van der Waals surface area contributed by atoms with Gasteiger partial charge in [-0.3, -0.25) is 0 Å². The van der Waals surface area contributed by atoms with Crippen LogP contribution in [0.1, 0.15) is 26.7 Å². The van der Waals surface area contributed by atoms with Gasteiger partial charge in [0.25, 0.3) is 0 Å². The highest BCUT2D eigenvalue weighted by Crippen LogP contribution is 2.17. The van der Waals surface area contributed by atoms with E-state index in [0.29, 0.717) is 12.5 Å². The van der Waals surface area contributed by atoms with Gasteiger partial charge in [-0.25, -0.2) is 24.0 Å². The molecule has 6 nitrogen and oxygen atoms in total. The SMILES string of the molecule is CCC(CC)CNS(=O)(=O)c1cccnc1NN. The normalized spacial score (nSPS) is 11.8. The van der Waals surface area contributed by atoms with E-state index < -0.39 is 10.0 Å². The van der Waals surface area contributed by atoms with E-state index in [1.165, 1.54) is 12.3 Å². The van der Waals surface area contributed by atoms with Crippen molar-refractivity contribution in [3.8, 4) is 0 Å². The second-order valence-corrected chi connectivity index (χ2v) is 5.76. The Kier molecular flexibility index (Phi) is 5.52. The number of hydrogen-bond acceptors (Lipinski definition) is 5. The molecule has 0 amide bonds. The minimum atomic E-state index is -3.57. The van der Waals surface area contributed by atoms with Gasteiger partial charge in [0.15, 0.2) is 5.82 Å². The lowest BCUT2D eigenvalue weighted by Crippen LogP contribution is -2.30. The molecular weight excluding hydrogens is 252 g/mol. The van der Waals surface area contributed by atoms with Crippen molar-refractivity contribution < 1.29 is 8.42 Å². The number of hydrogen-bond donors (Lipinski definition) is 3. The highest BCUT2D eigenvalue weighted by atomic mass is 32.2. The summed E-state index contributed by atoms with van der Waals surface area (Å²) in [6.07, 6.45) is 3.36. The Hall–Kier alpha value is -1.18. The summed E-state index contributed by atoms with van der Waals surface area (Å²) in [7, 11) is -3.57. The van der Waals surface area contributed by atoms with E-state index in [1.54, 1.807) is 6.07 Å². The second-order valence-electron chi connectivity index (χ2n) is 4.03. The van der Waals surface area contributed by atoms with Crippen LogP contribution in [0.3, 0.4) is 0 Å². The molecule has 102 valence electrons. The lowest BCUT2D eigenvalue weighted by atomic mass is 10.0. The average molecular weight is 272 g/mol. The zero-order valence-corrected chi connectivity index (χ0v) is 11.5. The van der Waals surface area contributed by atoms with Crippen LogP contribution in [0.15, 0.2) is 23.2 Å². The number of rotatable bonds is 7. The van der Waals surface area contributed by atoms with Crippen LogP contribution in [0.5, 0.6) is 0 Å². The van der Waals surface area contributed by atoms with E-state index >= 15 is 0 Å². The summed E-state index contributed by atoms with van der Waals surface area (Å²) in [5.74, 6) is 5.74. The second kappa shape index (κ2) is 6.67. The average Bonchev–Trinajstić information content (AvgIpc) is 2.39. The molecule has 0 saturated heterocycles. The third-order valence-electron chi connectivity index (χ3n) is 2.91. The van der Waals surface area contributed by atoms with Crippen molar-refractivity contribution in [2.24, 2.45) is 11.8 Å². The Balaban J connectivity index is 2.86. The zero-order valence-electron chi connectivity index (χ0n) is 10.7. The predicted molar refractivity (Wildman–Crippen MR) is 71.3 cm³/mol. The molecule has 0 atom stereocenters. The van der Waals surface area contributed by atoms with Crippen molar-refractivity contribution in [2.75, 3.05) is 12.0 Å². The van der Waals surface area contributed by atoms with Gasteiger partial charge >= 0.3 is 0 Å². The lowest BCUT2D eigenvalue weighted by Gasteiger charge is -2.14. The molecule has 7 heteroatoms. The van der Waals surface area contributed by atoms with Gasteiger partial charge in [0.05, 0.1) is 0 Å². The molecule has 1 rings (SSSR count). The Morgan fingerprint density at radius 2 is 2.06 bits per heavy atom. The van der Waals surface area contributed by atoms with Crippen molar-refractivity contribution in [3.63, 3.8) is 0 Å². The summed E-state index contributed by atoms with van der Waals surface area (Å²) in [6.45, 7) is 4.51. The molecular formula is C11H20N4O2S. The number of nitrogens with zero attached hydrogens (tertiary/aromatic N) is 1. The Labute approximate surface area is 108 Å². The van der Waals surface area contributed by atoms with Crippen LogP contribution in [0.4, 0.5) is 5.82 Å². The maximum Gasteiger partial charge on any atom is 0.244 e. The highest BCUT2D eigenvalue weighted by Gasteiger charge is 2.19. The topological polar surface area (TPSA) is 97.1 Å². The van der Waals surface area contributed by atoms with Crippen molar-refractivity contribution in [3.05, 3.63) is 18.3 Å². The van der Waals surface area contributed by atoms with E-state index in [2.05, 4.69) is 15.1 Å². The summed E-state index contributed by atoms with van der Waals surface area (Å²) in [4.78, 5) is 3.94. The fourth-order valence-electron chi connectivity index (χ4n) is 1.60. The Morgan fingerprint density at radius 3 is 2.61 bits per heavy atom. The van der Waals surface area contributed by atoms with Gasteiger partial charge in [0.2, 0.25) is 10.0 Å². The number of aromatic nitrogens is 1. The van der Waals surface area contributed by atoms with Crippen LogP contribution in [0, 0.1) is 5.92 Å². The van der Waals surface area contributed by atoms with Gasteiger partial charge in [-0.1, -0.05) is 26.7 Å². The predicted octanol–water partition coefficient (Wildman–Crippen LogP) is 1.08. The molecule has 0 aliphatic heterocycles. The van der Waals surface area contributed by atoms with Crippen LogP contribution in [0.25, 0.3) is 0 Å². The number of nitrogens with one attached hydrogen (secondary N) is 2. The minimum absolute atomic E-state index is 0.0680. The number of sulfonamides is 1. The third kappa shape index (κ3) is 3.66. The first-order valence-electron chi connectivity index (χ1n) is 5.96. The standard InChI is InChI=1S/C11H20N4O2S/c1-3-9(4-2)8-14-18(16,17)10-6-5-7-13-11(10)15-12/h5-7,9,14H,3-4,8,12H2,1-2H3,(H,13,15). The molecule has 18 heavy (non-hydrogen) atoms. The van der Waals surface area contributed by atoms with Crippen LogP contribution in [-0.2, 0) is 10.0 Å². The molecule has 0 aliphatic carbocycles. The summed E-state index contributed by atoms with van der Waals surface area (Å²) >= 11 is 0.